The number of nitrogens with two attached hydrogens (primary N) is 1. The van der Waals surface area contributed by atoms with Crippen molar-refractivity contribution in [1.29, 1.82) is 0 Å². The molecule has 0 spiro atoms. The van der Waals surface area contributed by atoms with Crippen molar-refractivity contribution in [1.82, 2.24) is 15.3 Å². The molecule has 8 nitrogen and oxygen atoms in total. The highest BCUT2D eigenvalue weighted by molar-refractivity contribution is 5.88. The molecular formula is C18H22N6O2. The minimum Gasteiger partial charge on any atom is -0.377 e. The summed E-state index contributed by atoms with van der Waals surface area (Å²) in [6.07, 6.45) is 0. The van der Waals surface area contributed by atoms with Crippen LogP contribution in [0.5, 0.6) is 0 Å². The van der Waals surface area contributed by atoms with Crippen LogP contribution in [0.15, 0.2) is 24.3 Å². The van der Waals surface area contributed by atoms with Gasteiger partial charge in [0.15, 0.2) is 5.82 Å². The summed E-state index contributed by atoms with van der Waals surface area (Å²) in [5, 5.41) is 5.93. The topological polar surface area (TPSA) is 105 Å². The molecule has 2 amide bonds. The third kappa shape index (κ3) is 3.21. The number of hydrogen-bond donors (Lipinski definition) is 3. The zero-order valence-electron chi connectivity index (χ0n) is 14.7. The summed E-state index contributed by atoms with van der Waals surface area (Å²) < 4.78 is 5.57. The summed E-state index contributed by atoms with van der Waals surface area (Å²) in [4.78, 5) is 22.9. The molecule has 1 saturated heterocycles. The van der Waals surface area contributed by atoms with E-state index in [0.29, 0.717) is 24.7 Å². The van der Waals surface area contributed by atoms with Gasteiger partial charge in [0, 0.05) is 36.4 Å². The molecule has 0 aliphatic carbocycles. The Kier molecular flexibility index (Phi) is 4.44. The summed E-state index contributed by atoms with van der Waals surface area (Å²) in [6.45, 7) is 5.92. The van der Waals surface area contributed by atoms with Crippen LogP contribution in [0.3, 0.4) is 0 Å². The molecule has 4 N–H and O–H groups in total. The van der Waals surface area contributed by atoms with Gasteiger partial charge in [-0.2, -0.15) is 0 Å². The van der Waals surface area contributed by atoms with Crippen LogP contribution in [0.4, 0.5) is 16.3 Å². The van der Waals surface area contributed by atoms with Gasteiger partial charge in [-0.05, 0) is 31.2 Å². The summed E-state index contributed by atoms with van der Waals surface area (Å²) in [6, 6.07) is 7.07. The summed E-state index contributed by atoms with van der Waals surface area (Å²) in [5.41, 5.74) is 8.92. The number of carbonyl (C=O) groups excluding carboxylic acids is 1. The molecule has 0 radical (unpaired) electrons. The van der Waals surface area contributed by atoms with Crippen molar-refractivity contribution < 1.29 is 9.53 Å². The van der Waals surface area contributed by atoms with Crippen LogP contribution in [0.1, 0.15) is 18.2 Å². The number of nitrogens with zero attached hydrogens (tertiary/aromatic N) is 3. The molecule has 4 rings (SSSR count). The number of primary amides is 1. The summed E-state index contributed by atoms with van der Waals surface area (Å²) in [5.74, 6) is 1.68. The number of hydrogen-bond acceptors (Lipinski definition) is 6. The van der Waals surface area contributed by atoms with Crippen molar-refractivity contribution in [3.8, 4) is 11.4 Å². The van der Waals surface area contributed by atoms with Gasteiger partial charge in [0.1, 0.15) is 5.82 Å². The van der Waals surface area contributed by atoms with E-state index in [4.69, 9.17) is 20.4 Å². The summed E-state index contributed by atoms with van der Waals surface area (Å²) in [7, 11) is 0. The average Bonchev–Trinajstić information content (AvgIpc) is 3.10. The number of aromatic nitrogens is 2. The Morgan fingerprint density at radius 3 is 2.85 bits per heavy atom. The lowest BCUT2D eigenvalue weighted by atomic mass is 10.1. The first-order valence-electron chi connectivity index (χ1n) is 8.73. The number of benzene rings is 1. The monoisotopic (exact) mass is 354 g/mol. The Morgan fingerprint density at radius 1 is 1.31 bits per heavy atom. The minimum atomic E-state index is -0.582. The largest absolute Gasteiger partial charge is 0.377 e. The lowest BCUT2D eigenvalue weighted by Crippen LogP contribution is -2.44. The SMILES string of the molecule is C[C@H]1COCCN1c1nc(-c2ccc(NC(N)=O)cc2)nc2c1CNC2. The normalized spacial score (nSPS) is 19.3. The minimum absolute atomic E-state index is 0.276. The number of fused-ring (bicyclic) bond motifs is 1. The molecule has 1 aromatic heterocycles. The smallest absolute Gasteiger partial charge is 0.316 e. The van der Waals surface area contributed by atoms with Crippen LogP contribution in [0, 0.1) is 0 Å². The van der Waals surface area contributed by atoms with Gasteiger partial charge in [-0.15, -0.1) is 0 Å². The fraction of sp³-hybridized carbons (Fsp3) is 0.389. The Morgan fingerprint density at radius 2 is 2.12 bits per heavy atom. The Hall–Kier alpha value is -2.71. The number of amides is 2. The van der Waals surface area contributed by atoms with E-state index >= 15 is 0 Å². The van der Waals surface area contributed by atoms with Gasteiger partial charge in [0.2, 0.25) is 0 Å². The van der Waals surface area contributed by atoms with E-state index < -0.39 is 6.03 Å². The number of urea groups is 1. The number of nitrogens with one attached hydrogen (secondary N) is 2. The zero-order valence-corrected chi connectivity index (χ0v) is 14.7. The van der Waals surface area contributed by atoms with E-state index in [1.165, 1.54) is 5.56 Å². The van der Waals surface area contributed by atoms with Gasteiger partial charge in [0.05, 0.1) is 24.9 Å². The number of ether oxygens (including phenoxy) is 1. The van der Waals surface area contributed by atoms with Crippen LogP contribution in [0.25, 0.3) is 11.4 Å². The number of anilines is 2. The predicted octanol–water partition coefficient (Wildman–Crippen LogP) is 1.46. The van der Waals surface area contributed by atoms with Gasteiger partial charge in [0.25, 0.3) is 0 Å². The van der Waals surface area contributed by atoms with Crippen LogP contribution in [-0.4, -0.2) is 41.8 Å². The van der Waals surface area contributed by atoms with Crippen molar-refractivity contribution in [2.45, 2.75) is 26.1 Å². The van der Waals surface area contributed by atoms with E-state index in [1.807, 2.05) is 12.1 Å². The molecule has 8 heteroatoms. The third-order valence-corrected chi connectivity index (χ3v) is 4.72. The second kappa shape index (κ2) is 6.89. The highest BCUT2D eigenvalue weighted by Crippen LogP contribution is 2.30. The van der Waals surface area contributed by atoms with Crippen molar-refractivity contribution in [2.24, 2.45) is 5.73 Å². The van der Waals surface area contributed by atoms with E-state index in [2.05, 4.69) is 22.5 Å². The molecule has 1 aromatic carbocycles. The second-order valence-corrected chi connectivity index (χ2v) is 6.58. The van der Waals surface area contributed by atoms with Gasteiger partial charge in [-0.1, -0.05) is 0 Å². The van der Waals surface area contributed by atoms with Crippen LogP contribution < -0.4 is 21.3 Å². The number of morpholine rings is 1. The molecular weight excluding hydrogens is 332 g/mol. The maximum atomic E-state index is 11.0. The van der Waals surface area contributed by atoms with Gasteiger partial charge in [-0.3, -0.25) is 0 Å². The van der Waals surface area contributed by atoms with Gasteiger partial charge >= 0.3 is 6.03 Å². The molecule has 3 heterocycles. The molecule has 1 atom stereocenters. The molecule has 0 saturated carbocycles. The van der Waals surface area contributed by atoms with Crippen molar-refractivity contribution in [3.05, 3.63) is 35.5 Å². The number of carbonyl (C=O) groups is 1. The van der Waals surface area contributed by atoms with E-state index in [1.54, 1.807) is 12.1 Å². The molecule has 26 heavy (non-hydrogen) atoms. The fourth-order valence-electron chi connectivity index (χ4n) is 3.40. The van der Waals surface area contributed by atoms with E-state index in [9.17, 15) is 4.79 Å². The maximum Gasteiger partial charge on any atom is 0.316 e. The third-order valence-electron chi connectivity index (χ3n) is 4.72. The maximum absolute atomic E-state index is 11.0. The highest BCUT2D eigenvalue weighted by atomic mass is 16.5. The van der Waals surface area contributed by atoms with Crippen molar-refractivity contribution >= 4 is 17.5 Å². The Bertz CT molecular complexity index is 823. The van der Waals surface area contributed by atoms with E-state index in [-0.39, 0.29) is 6.04 Å². The van der Waals surface area contributed by atoms with Crippen LogP contribution >= 0.6 is 0 Å². The fourth-order valence-corrected chi connectivity index (χ4v) is 3.40. The first kappa shape index (κ1) is 16.7. The van der Waals surface area contributed by atoms with Gasteiger partial charge in [-0.25, -0.2) is 14.8 Å². The van der Waals surface area contributed by atoms with E-state index in [0.717, 1.165) is 36.7 Å². The van der Waals surface area contributed by atoms with Crippen LogP contribution in [0.2, 0.25) is 0 Å². The standard InChI is InChI=1S/C18H22N6O2/c1-11-10-26-7-6-24(11)17-14-8-20-9-15(14)22-16(23-17)12-2-4-13(5-3-12)21-18(19)25/h2-5,11,20H,6-10H2,1H3,(H3,19,21,25)/t11-/m0/s1. The zero-order chi connectivity index (χ0) is 18.1. The second-order valence-electron chi connectivity index (χ2n) is 6.58. The van der Waals surface area contributed by atoms with Gasteiger partial charge < -0.3 is 26.0 Å². The molecule has 2 aliphatic rings. The quantitative estimate of drug-likeness (QED) is 0.771. The highest BCUT2D eigenvalue weighted by Gasteiger charge is 2.27. The molecule has 0 bridgehead atoms. The Labute approximate surface area is 151 Å². The predicted molar refractivity (Wildman–Crippen MR) is 98.8 cm³/mol. The summed E-state index contributed by atoms with van der Waals surface area (Å²) >= 11 is 0. The first-order valence-corrected chi connectivity index (χ1v) is 8.73. The van der Waals surface area contributed by atoms with Crippen LogP contribution in [-0.2, 0) is 17.8 Å². The lowest BCUT2D eigenvalue weighted by Gasteiger charge is -2.35. The molecule has 2 aliphatic heterocycles. The lowest BCUT2D eigenvalue weighted by molar-refractivity contribution is 0.0984. The first-order chi connectivity index (χ1) is 12.6. The van der Waals surface area contributed by atoms with Crippen molar-refractivity contribution in [2.75, 3.05) is 30.0 Å². The average molecular weight is 354 g/mol. The molecule has 0 unspecified atom stereocenters. The molecule has 2 aromatic rings. The molecule has 1 fully saturated rings. The van der Waals surface area contributed by atoms with Crippen molar-refractivity contribution in [3.63, 3.8) is 0 Å². The number of rotatable bonds is 3. The Balaban J connectivity index is 1.71. The molecule has 136 valence electrons.